The van der Waals surface area contributed by atoms with Crippen molar-refractivity contribution in [2.45, 2.75) is 65.0 Å². The number of likely N-dealkylation sites (N-methyl/N-ethyl adjacent to an activating group) is 2. The lowest BCUT2D eigenvalue weighted by atomic mass is 10.1. The fourth-order valence-corrected chi connectivity index (χ4v) is 2.28. The zero-order chi connectivity index (χ0) is 18.9. The summed E-state index contributed by atoms with van der Waals surface area (Å²) in [6.07, 6.45) is -1.37. The van der Waals surface area contributed by atoms with Gasteiger partial charge in [-0.15, -0.1) is 0 Å². The molecule has 6 amide bonds. The number of amides is 6. The van der Waals surface area contributed by atoms with Gasteiger partial charge in [-0.05, 0) is 41.5 Å². The Morgan fingerprint density at radius 2 is 1.08 bits per heavy atom. The minimum absolute atomic E-state index is 0.294. The van der Waals surface area contributed by atoms with Crippen molar-refractivity contribution in [1.29, 1.82) is 0 Å². The minimum Gasteiger partial charge on any atom is -0.334 e. The molecular weight excluding hydrogens is 312 g/mol. The Bertz CT molecular complexity index is 464. The van der Waals surface area contributed by atoms with Gasteiger partial charge in [-0.1, -0.05) is 0 Å². The first kappa shape index (κ1) is 19.9. The molecule has 0 aromatic heterocycles. The molecule has 9 heteroatoms. The van der Waals surface area contributed by atoms with Crippen LogP contribution in [0.5, 0.6) is 0 Å². The van der Waals surface area contributed by atoms with Crippen molar-refractivity contribution in [3.05, 3.63) is 0 Å². The molecule has 1 aliphatic heterocycles. The lowest BCUT2D eigenvalue weighted by Gasteiger charge is -2.30. The fraction of sp³-hybridized carbons (Fsp3) is 0.800. The van der Waals surface area contributed by atoms with Crippen molar-refractivity contribution in [2.24, 2.45) is 0 Å². The monoisotopic (exact) mass is 342 g/mol. The molecule has 1 heterocycles. The van der Waals surface area contributed by atoms with E-state index in [0.29, 0.717) is 0 Å². The Hall–Kier alpha value is -2.19. The molecular formula is C15H30N6O3. The maximum Gasteiger partial charge on any atom is 0.323 e. The summed E-state index contributed by atoms with van der Waals surface area (Å²) >= 11 is 0. The Kier molecular flexibility index (Phi) is 5.58. The van der Waals surface area contributed by atoms with Gasteiger partial charge in [-0.3, -0.25) is 0 Å². The lowest BCUT2D eigenvalue weighted by Crippen LogP contribution is -2.61. The molecule has 4 N–H and O–H groups in total. The van der Waals surface area contributed by atoms with Crippen LogP contribution in [0.25, 0.3) is 0 Å². The van der Waals surface area contributed by atoms with Gasteiger partial charge < -0.3 is 31.1 Å². The van der Waals surface area contributed by atoms with E-state index in [9.17, 15) is 14.4 Å². The third-order valence-corrected chi connectivity index (χ3v) is 3.27. The van der Waals surface area contributed by atoms with Gasteiger partial charge in [0, 0.05) is 25.2 Å². The quantitative estimate of drug-likeness (QED) is 0.597. The van der Waals surface area contributed by atoms with Gasteiger partial charge >= 0.3 is 18.1 Å². The summed E-state index contributed by atoms with van der Waals surface area (Å²) in [5.74, 6) is 0. The topological polar surface area (TPSA) is 106 Å². The van der Waals surface area contributed by atoms with Crippen molar-refractivity contribution in [3.63, 3.8) is 0 Å². The zero-order valence-corrected chi connectivity index (χ0v) is 15.8. The second-order valence-corrected chi connectivity index (χ2v) is 8.09. The Balaban J connectivity index is 2.84. The van der Waals surface area contributed by atoms with Crippen LogP contribution in [0.4, 0.5) is 14.4 Å². The summed E-state index contributed by atoms with van der Waals surface area (Å²) in [6, 6.07) is -1.12. The average molecular weight is 342 g/mol. The van der Waals surface area contributed by atoms with Crippen LogP contribution in [0, 0.1) is 0 Å². The molecule has 0 spiro atoms. The predicted molar refractivity (Wildman–Crippen MR) is 91.3 cm³/mol. The highest BCUT2D eigenvalue weighted by atomic mass is 16.2. The number of nitrogens with zero attached hydrogens (tertiary/aromatic N) is 2. The summed E-state index contributed by atoms with van der Waals surface area (Å²) in [6.45, 7) is 11.1. The molecule has 0 aliphatic carbocycles. The highest BCUT2D eigenvalue weighted by Crippen LogP contribution is 2.16. The maximum absolute atomic E-state index is 12.2. The summed E-state index contributed by atoms with van der Waals surface area (Å²) in [5.41, 5.74) is -0.826. The predicted octanol–water partition coefficient (Wildman–Crippen LogP) is 0.831. The van der Waals surface area contributed by atoms with Crippen LogP contribution in [0.15, 0.2) is 0 Å². The van der Waals surface area contributed by atoms with Crippen molar-refractivity contribution >= 4 is 18.1 Å². The molecule has 0 unspecified atom stereocenters. The Morgan fingerprint density at radius 1 is 0.792 bits per heavy atom. The van der Waals surface area contributed by atoms with Gasteiger partial charge in [0.15, 0.2) is 0 Å². The van der Waals surface area contributed by atoms with E-state index in [-0.39, 0.29) is 6.03 Å². The molecule has 9 nitrogen and oxygen atoms in total. The van der Waals surface area contributed by atoms with E-state index in [1.54, 1.807) is 14.1 Å². The van der Waals surface area contributed by atoms with Crippen LogP contribution in [0.2, 0.25) is 0 Å². The molecule has 1 saturated heterocycles. The third kappa shape index (κ3) is 5.47. The van der Waals surface area contributed by atoms with Crippen molar-refractivity contribution in [2.75, 3.05) is 14.1 Å². The highest BCUT2D eigenvalue weighted by molar-refractivity contribution is 5.82. The maximum atomic E-state index is 12.2. The van der Waals surface area contributed by atoms with Crippen molar-refractivity contribution in [1.82, 2.24) is 31.1 Å². The highest BCUT2D eigenvalue weighted by Gasteiger charge is 2.44. The molecule has 0 aromatic rings. The van der Waals surface area contributed by atoms with Crippen LogP contribution in [-0.2, 0) is 0 Å². The van der Waals surface area contributed by atoms with E-state index < -0.39 is 35.5 Å². The average Bonchev–Trinajstić information content (AvgIpc) is 2.52. The van der Waals surface area contributed by atoms with E-state index >= 15 is 0 Å². The van der Waals surface area contributed by atoms with Crippen LogP contribution in [0.1, 0.15) is 41.5 Å². The third-order valence-electron chi connectivity index (χ3n) is 3.27. The largest absolute Gasteiger partial charge is 0.334 e. The molecule has 0 saturated carbocycles. The number of hydrogen-bond donors (Lipinski definition) is 4. The molecule has 138 valence electrons. The number of rotatable bonds is 2. The number of nitrogens with one attached hydrogen (secondary N) is 4. The first-order valence-electron chi connectivity index (χ1n) is 7.88. The van der Waals surface area contributed by atoms with E-state index in [0.717, 1.165) is 0 Å². The molecule has 2 atom stereocenters. The summed E-state index contributed by atoms with van der Waals surface area (Å²) in [7, 11) is 3.15. The first-order valence-corrected chi connectivity index (χ1v) is 7.88. The second-order valence-electron chi connectivity index (χ2n) is 8.09. The van der Waals surface area contributed by atoms with Crippen molar-refractivity contribution in [3.8, 4) is 0 Å². The van der Waals surface area contributed by atoms with Crippen LogP contribution >= 0.6 is 0 Å². The Labute approximate surface area is 143 Å². The molecule has 1 fully saturated rings. The SMILES string of the molecule is CN1C(=O)N(C)[C@@H](NC(=O)NC(C)(C)C)[C@@H]1NC(=O)NC(C)(C)C. The van der Waals surface area contributed by atoms with Crippen LogP contribution in [-0.4, -0.2) is 65.4 Å². The fourth-order valence-electron chi connectivity index (χ4n) is 2.28. The van der Waals surface area contributed by atoms with Gasteiger partial charge in [0.05, 0.1) is 0 Å². The molecule has 0 radical (unpaired) electrons. The van der Waals surface area contributed by atoms with E-state index in [2.05, 4.69) is 21.3 Å². The van der Waals surface area contributed by atoms with Crippen LogP contribution in [0.3, 0.4) is 0 Å². The number of carbonyl (C=O) groups is 3. The molecule has 1 aliphatic rings. The molecule has 0 aromatic carbocycles. The first-order chi connectivity index (χ1) is 10.7. The van der Waals surface area contributed by atoms with E-state index in [4.69, 9.17) is 0 Å². The van der Waals surface area contributed by atoms with Gasteiger partial charge in [0.25, 0.3) is 0 Å². The smallest absolute Gasteiger partial charge is 0.323 e. The normalized spacial score (nSPS) is 21.6. The summed E-state index contributed by atoms with van der Waals surface area (Å²) in [4.78, 5) is 39.2. The van der Waals surface area contributed by atoms with Crippen LogP contribution < -0.4 is 21.3 Å². The minimum atomic E-state index is -0.685. The standard InChI is InChI=1S/C15H30N6O3/c1-14(2,3)18-11(22)16-9-10(21(8)13(24)20(9)7)17-12(23)19-15(4,5)6/h9-10H,1-8H3,(H2,16,18,22)(H2,17,19,23)/t9-,10-/m1/s1. The van der Waals surface area contributed by atoms with Gasteiger partial charge in [0.1, 0.15) is 12.3 Å². The second kappa shape index (κ2) is 6.74. The number of hydrogen-bond acceptors (Lipinski definition) is 3. The van der Waals surface area contributed by atoms with E-state index in [1.807, 2.05) is 41.5 Å². The van der Waals surface area contributed by atoms with Gasteiger partial charge in [-0.25, -0.2) is 14.4 Å². The number of carbonyl (C=O) groups excluding carboxylic acids is 3. The Morgan fingerprint density at radius 3 is 1.33 bits per heavy atom. The molecule has 24 heavy (non-hydrogen) atoms. The van der Waals surface area contributed by atoms with Gasteiger partial charge in [-0.2, -0.15) is 0 Å². The van der Waals surface area contributed by atoms with E-state index in [1.165, 1.54) is 9.80 Å². The van der Waals surface area contributed by atoms with Crippen molar-refractivity contribution < 1.29 is 14.4 Å². The number of urea groups is 3. The zero-order valence-electron chi connectivity index (χ0n) is 15.8. The molecule has 1 rings (SSSR count). The molecule has 0 bridgehead atoms. The summed E-state index contributed by atoms with van der Waals surface area (Å²) in [5, 5.41) is 11.0. The summed E-state index contributed by atoms with van der Waals surface area (Å²) < 4.78 is 0. The lowest BCUT2D eigenvalue weighted by molar-refractivity contribution is 0.186. The van der Waals surface area contributed by atoms with Gasteiger partial charge in [0.2, 0.25) is 0 Å².